The minimum absolute atomic E-state index is 0.809. The summed E-state index contributed by atoms with van der Waals surface area (Å²) in [6, 6.07) is 0.809. The first-order chi connectivity index (χ1) is 6.27. The Morgan fingerprint density at radius 2 is 2.00 bits per heavy atom. The Morgan fingerprint density at radius 3 is 2.62 bits per heavy atom. The van der Waals surface area contributed by atoms with Crippen LogP contribution in [0.15, 0.2) is 0 Å². The molecule has 1 heteroatoms. The predicted octanol–water partition coefficient (Wildman–Crippen LogP) is 3.20. The maximum absolute atomic E-state index is 3.71. The molecule has 0 aromatic heterocycles. The van der Waals surface area contributed by atoms with Gasteiger partial charge in [-0.1, -0.05) is 33.6 Å². The smallest absolute Gasteiger partial charge is 0.00671 e. The topological polar surface area (TPSA) is 12.0 Å². The van der Waals surface area contributed by atoms with Crippen molar-refractivity contribution in [2.75, 3.05) is 6.54 Å². The van der Waals surface area contributed by atoms with E-state index in [1.54, 1.807) is 0 Å². The third-order valence-corrected chi connectivity index (χ3v) is 3.61. The molecule has 13 heavy (non-hydrogen) atoms. The first-order valence-corrected chi connectivity index (χ1v) is 6.01. The molecule has 1 saturated heterocycles. The number of nitrogens with one attached hydrogen (secondary N) is 1. The van der Waals surface area contributed by atoms with Crippen LogP contribution in [0.4, 0.5) is 0 Å². The van der Waals surface area contributed by atoms with E-state index in [-0.39, 0.29) is 0 Å². The Bertz CT molecular complexity index is 133. The van der Waals surface area contributed by atoms with Gasteiger partial charge in [0.15, 0.2) is 0 Å². The summed E-state index contributed by atoms with van der Waals surface area (Å²) in [5.41, 5.74) is 0. The van der Waals surface area contributed by atoms with Crippen molar-refractivity contribution < 1.29 is 0 Å². The Hall–Kier alpha value is -0.0400. The molecule has 0 amide bonds. The Kier molecular flexibility index (Phi) is 4.79. The third-order valence-electron chi connectivity index (χ3n) is 3.61. The van der Waals surface area contributed by atoms with Crippen molar-refractivity contribution in [1.82, 2.24) is 5.32 Å². The quantitative estimate of drug-likeness (QED) is 0.708. The number of hydrogen-bond acceptors (Lipinski definition) is 1. The lowest BCUT2D eigenvalue weighted by Gasteiger charge is -2.19. The molecular formula is C12H25N. The van der Waals surface area contributed by atoms with E-state index in [9.17, 15) is 0 Å². The molecule has 1 heterocycles. The molecule has 78 valence electrons. The molecular weight excluding hydrogens is 158 g/mol. The highest BCUT2D eigenvalue weighted by molar-refractivity contribution is 4.78. The molecule has 1 aliphatic heterocycles. The summed E-state index contributed by atoms with van der Waals surface area (Å²) in [4.78, 5) is 0. The van der Waals surface area contributed by atoms with Crippen molar-refractivity contribution in [3.63, 3.8) is 0 Å². The van der Waals surface area contributed by atoms with E-state index in [0.29, 0.717) is 0 Å². The van der Waals surface area contributed by atoms with Crippen LogP contribution < -0.4 is 5.32 Å². The van der Waals surface area contributed by atoms with Crippen LogP contribution in [0.1, 0.15) is 52.9 Å². The van der Waals surface area contributed by atoms with Crippen LogP contribution in [-0.2, 0) is 0 Å². The number of rotatable bonds is 3. The summed E-state index contributed by atoms with van der Waals surface area (Å²) in [6.45, 7) is 8.28. The largest absolute Gasteiger partial charge is 0.314 e. The van der Waals surface area contributed by atoms with E-state index in [4.69, 9.17) is 0 Å². The summed E-state index contributed by atoms with van der Waals surface area (Å²) in [7, 11) is 0. The molecule has 3 atom stereocenters. The second-order valence-electron chi connectivity index (χ2n) is 4.62. The molecule has 0 saturated carbocycles. The van der Waals surface area contributed by atoms with Gasteiger partial charge in [0.05, 0.1) is 0 Å². The highest BCUT2D eigenvalue weighted by Gasteiger charge is 2.21. The van der Waals surface area contributed by atoms with Gasteiger partial charge < -0.3 is 5.32 Å². The van der Waals surface area contributed by atoms with E-state index >= 15 is 0 Å². The third kappa shape index (κ3) is 3.30. The Balaban J connectivity index is 2.37. The average molecular weight is 183 g/mol. The van der Waals surface area contributed by atoms with E-state index in [0.717, 1.165) is 17.9 Å². The second kappa shape index (κ2) is 5.64. The summed E-state index contributed by atoms with van der Waals surface area (Å²) in [5.74, 6) is 1.85. The van der Waals surface area contributed by atoms with Crippen molar-refractivity contribution in [3.8, 4) is 0 Å². The van der Waals surface area contributed by atoms with Gasteiger partial charge in [-0.25, -0.2) is 0 Å². The SMILES string of the molecule is CCCC1CCC(C)C(CC)CN1. The Labute approximate surface area is 83.3 Å². The molecule has 1 fully saturated rings. The van der Waals surface area contributed by atoms with Crippen LogP contribution in [0.25, 0.3) is 0 Å². The fourth-order valence-corrected chi connectivity index (χ4v) is 2.46. The van der Waals surface area contributed by atoms with Crippen molar-refractivity contribution in [1.29, 1.82) is 0 Å². The first-order valence-electron chi connectivity index (χ1n) is 6.01. The average Bonchev–Trinajstić information content (AvgIpc) is 2.30. The molecule has 1 aliphatic rings. The van der Waals surface area contributed by atoms with Gasteiger partial charge in [0.2, 0.25) is 0 Å². The van der Waals surface area contributed by atoms with Crippen LogP contribution in [0.5, 0.6) is 0 Å². The molecule has 1 rings (SSSR count). The van der Waals surface area contributed by atoms with Gasteiger partial charge in [0, 0.05) is 6.04 Å². The Morgan fingerprint density at radius 1 is 1.23 bits per heavy atom. The number of hydrogen-bond donors (Lipinski definition) is 1. The monoisotopic (exact) mass is 183 g/mol. The molecule has 0 radical (unpaired) electrons. The van der Waals surface area contributed by atoms with Gasteiger partial charge in [0.1, 0.15) is 0 Å². The zero-order valence-corrected chi connectivity index (χ0v) is 9.47. The summed E-state index contributed by atoms with van der Waals surface area (Å²) >= 11 is 0. The normalized spacial score (nSPS) is 35.8. The minimum Gasteiger partial charge on any atom is -0.314 e. The van der Waals surface area contributed by atoms with Gasteiger partial charge in [-0.2, -0.15) is 0 Å². The first kappa shape index (κ1) is 11.0. The van der Waals surface area contributed by atoms with Crippen molar-refractivity contribution >= 4 is 0 Å². The lowest BCUT2D eigenvalue weighted by atomic mass is 9.89. The van der Waals surface area contributed by atoms with Gasteiger partial charge in [-0.15, -0.1) is 0 Å². The fraction of sp³-hybridized carbons (Fsp3) is 1.00. The molecule has 1 nitrogen and oxygen atoms in total. The second-order valence-corrected chi connectivity index (χ2v) is 4.62. The van der Waals surface area contributed by atoms with Gasteiger partial charge in [0.25, 0.3) is 0 Å². The van der Waals surface area contributed by atoms with E-state index in [1.807, 2.05) is 0 Å². The predicted molar refractivity (Wildman–Crippen MR) is 58.9 cm³/mol. The molecule has 0 aromatic rings. The van der Waals surface area contributed by atoms with Crippen molar-refractivity contribution in [3.05, 3.63) is 0 Å². The van der Waals surface area contributed by atoms with Crippen molar-refractivity contribution in [2.24, 2.45) is 11.8 Å². The van der Waals surface area contributed by atoms with Gasteiger partial charge in [-0.3, -0.25) is 0 Å². The van der Waals surface area contributed by atoms with Crippen LogP contribution in [0.3, 0.4) is 0 Å². The van der Waals surface area contributed by atoms with E-state index in [1.165, 1.54) is 38.6 Å². The zero-order chi connectivity index (χ0) is 9.68. The highest BCUT2D eigenvalue weighted by atomic mass is 14.9. The molecule has 0 bridgehead atoms. The van der Waals surface area contributed by atoms with Crippen LogP contribution in [0, 0.1) is 11.8 Å². The lowest BCUT2D eigenvalue weighted by Crippen LogP contribution is -2.31. The van der Waals surface area contributed by atoms with Crippen molar-refractivity contribution in [2.45, 2.75) is 58.9 Å². The molecule has 1 N–H and O–H groups in total. The fourth-order valence-electron chi connectivity index (χ4n) is 2.46. The van der Waals surface area contributed by atoms with E-state index < -0.39 is 0 Å². The maximum atomic E-state index is 3.71. The van der Waals surface area contributed by atoms with Gasteiger partial charge in [-0.05, 0) is 37.6 Å². The molecule has 0 spiro atoms. The molecule has 0 aliphatic carbocycles. The van der Waals surface area contributed by atoms with Crippen LogP contribution >= 0.6 is 0 Å². The maximum Gasteiger partial charge on any atom is 0.00671 e. The zero-order valence-electron chi connectivity index (χ0n) is 9.47. The van der Waals surface area contributed by atoms with Gasteiger partial charge >= 0.3 is 0 Å². The van der Waals surface area contributed by atoms with E-state index in [2.05, 4.69) is 26.1 Å². The van der Waals surface area contributed by atoms with Crippen LogP contribution in [-0.4, -0.2) is 12.6 Å². The standard InChI is InChI=1S/C12H25N/c1-4-6-12-8-7-10(3)11(5-2)9-13-12/h10-13H,4-9H2,1-3H3. The summed E-state index contributed by atoms with van der Waals surface area (Å²) in [5, 5.41) is 3.71. The molecule has 0 aromatic carbocycles. The minimum atomic E-state index is 0.809. The van der Waals surface area contributed by atoms with Crippen LogP contribution in [0.2, 0.25) is 0 Å². The summed E-state index contributed by atoms with van der Waals surface area (Å²) < 4.78 is 0. The highest BCUT2D eigenvalue weighted by Crippen LogP contribution is 2.24. The lowest BCUT2D eigenvalue weighted by molar-refractivity contribution is 0.344. The molecule has 3 unspecified atom stereocenters. The summed E-state index contributed by atoms with van der Waals surface area (Å²) in [6.07, 6.45) is 6.85.